The van der Waals surface area contributed by atoms with Gasteiger partial charge in [-0.1, -0.05) is 12.1 Å². The van der Waals surface area contributed by atoms with Crippen LogP contribution in [0.5, 0.6) is 11.5 Å². The van der Waals surface area contributed by atoms with Crippen LogP contribution in [0, 0.1) is 0 Å². The lowest BCUT2D eigenvalue weighted by Crippen LogP contribution is -2.22. The smallest absolute Gasteiger partial charge is 0.323 e. The number of nitrogens with zero attached hydrogens (tertiary/aromatic N) is 4. The number of benzene rings is 2. The molecule has 9 heteroatoms. The van der Waals surface area contributed by atoms with Crippen molar-refractivity contribution in [3.8, 4) is 22.8 Å². The second kappa shape index (κ2) is 11.1. The molecule has 5 aromatic rings. The fourth-order valence-corrected chi connectivity index (χ4v) is 4.12. The standard InChI is InChI=1S/C31H33N7O2/c1-20(2)34-28-18-25(14-16-33-28)40-24-11-9-23(10-12-24)35-30(39)36-27-19-38(31(3,4)5)37-29(27)22-8-13-26-21(17-22)7-6-15-32-26/h6-20H,1-5H3,(H,33,34)(H2,35,36,39). The summed E-state index contributed by atoms with van der Waals surface area (Å²) < 4.78 is 7.82. The first kappa shape index (κ1) is 26.7. The summed E-state index contributed by atoms with van der Waals surface area (Å²) in [5.41, 5.74) is 3.45. The third-order valence-electron chi connectivity index (χ3n) is 6.04. The molecule has 3 aromatic heterocycles. The molecule has 0 unspecified atom stereocenters. The minimum Gasteiger partial charge on any atom is -0.457 e. The van der Waals surface area contributed by atoms with Crippen LogP contribution >= 0.6 is 0 Å². The largest absolute Gasteiger partial charge is 0.457 e. The number of rotatable bonds is 7. The number of fused-ring (bicyclic) bond motifs is 1. The van der Waals surface area contributed by atoms with Crippen molar-refractivity contribution in [2.75, 3.05) is 16.0 Å². The van der Waals surface area contributed by atoms with Gasteiger partial charge in [-0.25, -0.2) is 9.78 Å². The Morgan fingerprint density at radius 1 is 0.900 bits per heavy atom. The Hall–Kier alpha value is -4.92. The maximum atomic E-state index is 13.0. The Labute approximate surface area is 233 Å². The van der Waals surface area contributed by atoms with E-state index in [-0.39, 0.29) is 17.6 Å². The number of carbonyl (C=O) groups is 1. The molecular weight excluding hydrogens is 502 g/mol. The SMILES string of the molecule is CC(C)Nc1cc(Oc2ccc(NC(=O)Nc3cn(C(C)(C)C)nc3-c3ccc4ncccc4c3)cc2)ccn1. The number of amides is 2. The summed E-state index contributed by atoms with van der Waals surface area (Å²) in [6.45, 7) is 10.3. The van der Waals surface area contributed by atoms with E-state index in [1.165, 1.54) is 0 Å². The zero-order valence-electron chi connectivity index (χ0n) is 23.3. The van der Waals surface area contributed by atoms with E-state index < -0.39 is 0 Å². The van der Waals surface area contributed by atoms with Crippen molar-refractivity contribution >= 4 is 34.1 Å². The first-order valence-corrected chi connectivity index (χ1v) is 13.2. The van der Waals surface area contributed by atoms with Crippen LogP contribution in [0.4, 0.5) is 22.0 Å². The lowest BCUT2D eigenvalue weighted by Gasteiger charge is -2.18. The predicted molar refractivity (Wildman–Crippen MR) is 160 cm³/mol. The van der Waals surface area contributed by atoms with E-state index >= 15 is 0 Å². The van der Waals surface area contributed by atoms with Crippen molar-refractivity contribution < 1.29 is 9.53 Å². The minimum atomic E-state index is -0.371. The molecule has 0 radical (unpaired) electrons. The van der Waals surface area contributed by atoms with Crippen LogP contribution in [-0.2, 0) is 5.54 Å². The van der Waals surface area contributed by atoms with Gasteiger partial charge in [0.05, 0.1) is 16.7 Å². The van der Waals surface area contributed by atoms with Gasteiger partial charge in [-0.15, -0.1) is 0 Å². The van der Waals surface area contributed by atoms with Crippen LogP contribution in [0.2, 0.25) is 0 Å². The van der Waals surface area contributed by atoms with Gasteiger partial charge in [0.25, 0.3) is 0 Å². The third kappa shape index (κ3) is 6.37. The Balaban J connectivity index is 1.30. The second-order valence-electron chi connectivity index (χ2n) is 10.8. The van der Waals surface area contributed by atoms with Crippen LogP contribution in [0.25, 0.3) is 22.2 Å². The highest BCUT2D eigenvalue weighted by atomic mass is 16.5. The van der Waals surface area contributed by atoms with E-state index in [1.807, 2.05) is 47.3 Å². The molecule has 0 bridgehead atoms. The van der Waals surface area contributed by atoms with Crippen LogP contribution < -0.4 is 20.7 Å². The van der Waals surface area contributed by atoms with E-state index in [4.69, 9.17) is 9.84 Å². The molecule has 0 saturated carbocycles. The topological polar surface area (TPSA) is 106 Å². The average molecular weight is 536 g/mol. The third-order valence-corrected chi connectivity index (χ3v) is 6.04. The molecule has 0 aliphatic carbocycles. The van der Waals surface area contributed by atoms with Crippen LogP contribution in [0.1, 0.15) is 34.6 Å². The Bertz CT molecular complexity index is 1640. The van der Waals surface area contributed by atoms with Crippen molar-refractivity contribution in [1.82, 2.24) is 19.7 Å². The highest BCUT2D eigenvalue weighted by Gasteiger charge is 2.20. The van der Waals surface area contributed by atoms with Crippen LogP contribution in [0.15, 0.2) is 85.3 Å². The lowest BCUT2D eigenvalue weighted by atomic mass is 10.1. The number of ether oxygens (including phenoxy) is 1. The van der Waals surface area contributed by atoms with E-state index in [9.17, 15) is 4.79 Å². The molecule has 0 spiro atoms. The zero-order valence-corrected chi connectivity index (χ0v) is 23.3. The number of hydrogen-bond acceptors (Lipinski definition) is 6. The van der Waals surface area contributed by atoms with Gasteiger partial charge in [-0.2, -0.15) is 5.10 Å². The summed E-state index contributed by atoms with van der Waals surface area (Å²) >= 11 is 0. The van der Waals surface area contributed by atoms with E-state index in [0.717, 1.165) is 22.3 Å². The first-order valence-electron chi connectivity index (χ1n) is 13.2. The second-order valence-corrected chi connectivity index (χ2v) is 10.8. The molecule has 2 aromatic carbocycles. The predicted octanol–water partition coefficient (Wildman–Crippen LogP) is 7.50. The van der Waals surface area contributed by atoms with Gasteiger partial charge in [0.15, 0.2) is 0 Å². The van der Waals surface area contributed by atoms with Gasteiger partial charge < -0.3 is 20.7 Å². The number of nitrogens with one attached hydrogen (secondary N) is 3. The lowest BCUT2D eigenvalue weighted by molar-refractivity contribution is 0.262. The quantitative estimate of drug-likeness (QED) is 0.199. The number of aromatic nitrogens is 4. The highest BCUT2D eigenvalue weighted by molar-refractivity contribution is 6.02. The van der Waals surface area contributed by atoms with Gasteiger partial charge in [-0.3, -0.25) is 9.67 Å². The number of pyridine rings is 2. The van der Waals surface area contributed by atoms with Gasteiger partial charge in [0, 0.05) is 47.3 Å². The highest BCUT2D eigenvalue weighted by Crippen LogP contribution is 2.31. The molecule has 9 nitrogen and oxygen atoms in total. The van der Waals surface area contributed by atoms with E-state index in [0.29, 0.717) is 28.6 Å². The summed E-state index contributed by atoms with van der Waals surface area (Å²) in [4.78, 5) is 21.7. The number of carbonyl (C=O) groups excluding carboxylic acids is 1. The van der Waals surface area contributed by atoms with Crippen LogP contribution in [0.3, 0.4) is 0 Å². The molecule has 3 N–H and O–H groups in total. The van der Waals surface area contributed by atoms with Crippen molar-refractivity contribution in [2.24, 2.45) is 0 Å². The average Bonchev–Trinajstić information content (AvgIpc) is 3.34. The number of anilines is 3. The zero-order chi connectivity index (χ0) is 28.3. The maximum absolute atomic E-state index is 13.0. The summed E-state index contributed by atoms with van der Waals surface area (Å²) in [6.07, 6.45) is 5.33. The molecule has 40 heavy (non-hydrogen) atoms. The molecule has 0 aliphatic rings. The van der Waals surface area contributed by atoms with Crippen molar-refractivity contribution in [2.45, 2.75) is 46.2 Å². The molecule has 3 heterocycles. The summed E-state index contributed by atoms with van der Waals surface area (Å²) in [6, 6.07) is 20.6. The number of urea groups is 1. The van der Waals surface area contributed by atoms with E-state index in [2.05, 4.69) is 60.5 Å². The molecule has 0 saturated heterocycles. The molecule has 2 amide bonds. The fraction of sp³-hybridized carbons (Fsp3) is 0.226. The normalized spacial score (nSPS) is 11.4. The monoisotopic (exact) mass is 535 g/mol. The van der Waals surface area contributed by atoms with Gasteiger partial charge in [0.1, 0.15) is 23.0 Å². The Morgan fingerprint density at radius 3 is 2.45 bits per heavy atom. The summed E-state index contributed by atoms with van der Waals surface area (Å²) in [5.74, 6) is 2.06. The Morgan fingerprint density at radius 2 is 1.70 bits per heavy atom. The van der Waals surface area contributed by atoms with Crippen LogP contribution in [-0.4, -0.2) is 31.8 Å². The molecule has 204 valence electrons. The first-order chi connectivity index (χ1) is 19.1. The molecule has 0 aliphatic heterocycles. The van der Waals surface area contributed by atoms with Crippen molar-refractivity contribution in [3.63, 3.8) is 0 Å². The van der Waals surface area contributed by atoms with Gasteiger partial charge in [-0.05, 0) is 83.1 Å². The fourth-order valence-electron chi connectivity index (χ4n) is 4.12. The maximum Gasteiger partial charge on any atom is 0.323 e. The van der Waals surface area contributed by atoms with Gasteiger partial charge in [0.2, 0.25) is 0 Å². The van der Waals surface area contributed by atoms with Crippen molar-refractivity contribution in [3.05, 3.63) is 85.3 Å². The molecular formula is C31H33N7O2. The summed E-state index contributed by atoms with van der Waals surface area (Å²) in [5, 5.41) is 15.0. The van der Waals surface area contributed by atoms with E-state index in [1.54, 1.807) is 42.7 Å². The summed E-state index contributed by atoms with van der Waals surface area (Å²) in [7, 11) is 0. The Kier molecular flexibility index (Phi) is 7.37. The molecule has 5 rings (SSSR count). The van der Waals surface area contributed by atoms with Crippen molar-refractivity contribution in [1.29, 1.82) is 0 Å². The molecule has 0 atom stereocenters. The number of hydrogen-bond donors (Lipinski definition) is 3. The van der Waals surface area contributed by atoms with Gasteiger partial charge >= 0.3 is 6.03 Å². The molecule has 0 fully saturated rings. The minimum absolute atomic E-state index is 0.264.